The van der Waals surface area contributed by atoms with Crippen molar-refractivity contribution in [3.05, 3.63) is 24.5 Å². The summed E-state index contributed by atoms with van der Waals surface area (Å²) in [5, 5.41) is 14.4. The van der Waals surface area contributed by atoms with E-state index in [4.69, 9.17) is 4.74 Å². The topological polar surface area (TPSA) is 82.2 Å². The van der Waals surface area contributed by atoms with Gasteiger partial charge in [0.2, 0.25) is 0 Å². The van der Waals surface area contributed by atoms with Crippen molar-refractivity contribution in [3.8, 4) is 0 Å². The van der Waals surface area contributed by atoms with E-state index in [1.165, 1.54) is 5.69 Å². The molecule has 0 aliphatic carbocycles. The van der Waals surface area contributed by atoms with E-state index < -0.39 is 0 Å². The van der Waals surface area contributed by atoms with Crippen LogP contribution in [0.2, 0.25) is 0 Å². The highest BCUT2D eigenvalue weighted by atomic mass is 16.5. The molecule has 1 atom stereocenters. The van der Waals surface area contributed by atoms with Crippen molar-refractivity contribution in [2.45, 2.75) is 18.9 Å². The Morgan fingerprint density at radius 2 is 2.17 bits per heavy atom. The number of nitrogens with one attached hydrogen (secondary N) is 2. The lowest BCUT2D eigenvalue weighted by atomic mass is 10.1. The Bertz CT molecular complexity index is 652. The molecule has 2 aliphatic heterocycles. The van der Waals surface area contributed by atoms with Crippen molar-refractivity contribution in [2.24, 2.45) is 0 Å². The molecule has 4 heterocycles. The Morgan fingerprint density at radius 1 is 1.25 bits per heavy atom. The zero-order valence-corrected chi connectivity index (χ0v) is 13.7. The van der Waals surface area contributed by atoms with Crippen LogP contribution in [0.5, 0.6) is 0 Å². The van der Waals surface area contributed by atoms with Gasteiger partial charge >= 0.3 is 0 Å². The fourth-order valence-electron chi connectivity index (χ4n) is 3.38. The summed E-state index contributed by atoms with van der Waals surface area (Å²) in [4.78, 5) is 9.10. The van der Waals surface area contributed by atoms with Gasteiger partial charge in [0.25, 0.3) is 0 Å². The third kappa shape index (κ3) is 3.43. The first kappa shape index (κ1) is 15.2. The molecule has 1 unspecified atom stereocenters. The number of nitrogens with zero attached hydrogens (tertiary/aromatic N) is 5. The van der Waals surface area contributed by atoms with E-state index in [1.807, 2.05) is 6.20 Å². The Balaban J connectivity index is 0.00000121. The van der Waals surface area contributed by atoms with Crippen molar-refractivity contribution in [1.29, 1.82) is 0 Å². The quantitative estimate of drug-likeness (QED) is 0.879. The van der Waals surface area contributed by atoms with Crippen LogP contribution in [0.4, 0.5) is 17.3 Å². The van der Waals surface area contributed by atoms with E-state index in [1.54, 1.807) is 6.20 Å². The van der Waals surface area contributed by atoms with Gasteiger partial charge < -0.3 is 19.9 Å². The molecule has 2 fully saturated rings. The van der Waals surface area contributed by atoms with Gasteiger partial charge in [-0.15, -0.1) is 5.10 Å². The number of ether oxygens (including phenoxy) is 1. The lowest BCUT2D eigenvalue weighted by Crippen LogP contribution is -2.42. The van der Waals surface area contributed by atoms with Crippen LogP contribution in [0.1, 0.15) is 15.7 Å². The van der Waals surface area contributed by atoms with E-state index in [0.717, 1.165) is 63.9 Å². The Morgan fingerprint density at radius 3 is 3.00 bits per heavy atom. The predicted octanol–water partition coefficient (Wildman–Crippen LogP) is 1.61. The highest BCUT2D eigenvalue weighted by Crippen LogP contribution is 2.22. The standard InChI is InChI=1S/C16H23N7O.2H2/c1-2-13(12-23(5-1)16-11-18-21-20-16)19-15-10-14(3-4-17-15)22-6-8-24-9-7-22;;/h3-4,10-11,13H,1-2,5-9,12H2,(H,17,19)(H,18,20,21);2*1H. The number of pyridine rings is 1. The van der Waals surface area contributed by atoms with Gasteiger partial charge in [-0.3, -0.25) is 0 Å². The minimum Gasteiger partial charge on any atom is -0.378 e. The predicted molar refractivity (Wildman–Crippen MR) is 96.7 cm³/mol. The molecule has 0 spiro atoms. The number of anilines is 3. The maximum Gasteiger partial charge on any atom is 0.170 e. The molecule has 0 radical (unpaired) electrons. The summed E-state index contributed by atoms with van der Waals surface area (Å²) in [6, 6.07) is 4.57. The first-order valence-electron chi connectivity index (χ1n) is 8.54. The molecule has 0 bridgehead atoms. The third-order valence-electron chi connectivity index (χ3n) is 4.62. The first-order chi connectivity index (χ1) is 11.9. The summed E-state index contributed by atoms with van der Waals surface area (Å²) in [5.41, 5.74) is 1.21. The number of H-pyrrole nitrogens is 1. The first-order valence-corrected chi connectivity index (χ1v) is 8.54. The Kier molecular flexibility index (Phi) is 4.46. The summed E-state index contributed by atoms with van der Waals surface area (Å²) in [5.74, 6) is 1.85. The second-order valence-electron chi connectivity index (χ2n) is 6.26. The molecule has 8 heteroatoms. The van der Waals surface area contributed by atoms with Gasteiger partial charge in [0.05, 0.1) is 19.4 Å². The number of morpholine rings is 1. The van der Waals surface area contributed by atoms with Crippen LogP contribution in [0.25, 0.3) is 0 Å². The molecule has 2 saturated heterocycles. The molecule has 0 aromatic carbocycles. The monoisotopic (exact) mass is 333 g/mol. The van der Waals surface area contributed by atoms with Crippen LogP contribution in [0, 0.1) is 0 Å². The molecule has 2 aliphatic rings. The average molecular weight is 333 g/mol. The summed E-state index contributed by atoms with van der Waals surface area (Å²) in [7, 11) is 0. The van der Waals surface area contributed by atoms with Gasteiger partial charge in [-0.1, -0.05) is 0 Å². The smallest absolute Gasteiger partial charge is 0.170 e. The third-order valence-corrected chi connectivity index (χ3v) is 4.62. The fraction of sp³-hybridized carbons (Fsp3) is 0.562. The lowest BCUT2D eigenvalue weighted by molar-refractivity contribution is 0.122. The van der Waals surface area contributed by atoms with E-state index >= 15 is 0 Å². The van der Waals surface area contributed by atoms with Gasteiger partial charge in [-0.2, -0.15) is 10.3 Å². The number of hydrogen-bond acceptors (Lipinski definition) is 7. The molecule has 4 rings (SSSR count). The van der Waals surface area contributed by atoms with Crippen molar-refractivity contribution < 1.29 is 7.59 Å². The second kappa shape index (κ2) is 7.04. The van der Waals surface area contributed by atoms with Crippen molar-refractivity contribution in [2.75, 3.05) is 54.5 Å². The minimum absolute atomic E-state index is 0. The maximum absolute atomic E-state index is 5.43. The molecular formula is C16H27N7O. The Hall–Kier alpha value is -2.35. The summed E-state index contributed by atoms with van der Waals surface area (Å²) >= 11 is 0. The van der Waals surface area contributed by atoms with E-state index in [9.17, 15) is 0 Å². The zero-order valence-electron chi connectivity index (χ0n) is 13.7. The van der Waals surface area contributed by atoms with Crippen molar-refractivity contribution in [3.63, 3.8) is 0 Å². The second-order valence-corrected chi connectivity index (χ2v) is 6.26. The minimum atomic E-state index is 0. The lowest BCUT2D eigenvalue weighted by Gasteiger charge is -2.33. The van der Waals surface area contributed by atoms with Gasteiger partial charge in [-0.25, -0.2) is 4.98 Å². The van der Waals surface area contributed by atoms with E-state index in [-0.39, 0.29) is 2.85 Å². The summed E-state index contributed by atoms with van der Waals surface area (Å²) in [6.07, 6.45) is 5.93. The van der Waals surface area contributed by atoms with Gasteiger partial charge in [0.15, 0.2) is 5.82 Å². The van der Waals surface area contributed by atoms with Gasteiger partial charge in [-0.05, 0) is 18.9 Å². The molecule has 132 valence electrons. The maximum atomic E-state index is 5.43. The van der Waals surface area contributed by atoms with Crippen LogP contribution < -0.4 is 15.1 Å². The normalized spacial score (nSPS) is 21.8. The molecule has 0 saturated carbocycles. The van der Waals surface area contributed by atoms with Crippen LogP contribution in [-0.4, -0.2) is 65.8 Å². The highest BCUT2D eigenvalue weighted by Gasteiger charge is 2.22. The van der Waals surface area contributed by atoms with Crippen LogP contribution in [0.3, 0.4) is 0 Å². The molecule has 2 N–H and O–H groups in total. The summed E-state index contributed by atoms with van der Waals surface area (Å²) < 4.78 is 5.43. The number of rotatable bonds is 4. The van der Waals surface area contributed by atoms with Gasteiger partial charge in [0.1, 0.15) is 5.82 Å². The molecule has 2 aromatic heterocycles. The zero-order chi connectivity index (χ0) is 16.2. The van der Waals surface area contributed by atoms with E-state index in [2.05, 4.69) is 47.6 Å². The average Bonchev–Trinajstić information content (AvgIpc) is 3.18. The number of aromatic amines is 1. The van der Waals surface area contributed by atoms with Crippen LogP contribution in [-0.2, 0) is 4.74 Å². The molecule has 24 heavy (non-hydrogen) atoms. The van der Waals surface area contributed by atoms with Gasteiger partial charge in [0, 0.05) is 53.0 Å². The Labute approximate surface area is 144 Å². The number of hydrogen-bond donors (Lipinski definition) is 2. The van der Waals surface area contributed by atoms with Crippen LogP contribution in [0.15, 0.2) is 24.5 Å². The molecular weight excluding hydrogens is 306 g/mol. The molecule has 2 aromatic rings. The highest BCUT2D eigenvalue weighted by molar-refractivity contribution is 5.54. The summed E-state index contributed by atoms with van der Waals surface area (Å²) in [6.45, 7) is 5.39. The molecule has 8 nitrogen and oxygen atoms in total. The number of aromatic nitrogens is 4. The number of piperidine rings is 1. The largest absolute Gasteiger partial charge is 0.378 e. The van der Waals surface area contributed by atoms with E-state index in [0.29, 0.717) is 6.04 Å². The van der Waals surface area contributed by atoms with Crippen molar-refractivity contribution >= 4 is 17.3 Å². The fourth-order valence-corrected chi connectivity index (χ4v) is 3.38. The van der Waals surface area contributed by atoms with Crippen molar-refractivity contribution in [1.82, 2.24) is 20.4 Å². The SMILES string of the molecule is [HH].[HH].c1cc(N2CCOCC2)cc(NC2CCCN(c3cn[nH]n3)C2)n1. The van der Waals surface area contributed by atoms with Crippen LogP contribution >= 0.6 is 0 Å². The molecule has 0 amide bonds.